The van der Waals surface area contributed by atoms with Crippen molar-refractivity contribution in [3.63, 3.8) is 0 Å². The summed E-state index contributed by atoms with van der Waals surface area (Å²) in [5, 5.41) is 11.3. The minimum Gasteiger partial charge on any atom is -0.394 e. The predicted molar refractivity (Wildman–Crippen MR) is 42.8 cm³/mol. The van der Waals surface area contributed by atoms with Crippen molar-refractivity contribution >= 4 is 5.91 Å². The highest BCUT2D eigenvalue weighted by Gasteiger charge is 2.06. The van der Waals surface area contributed by atoms with E-state index in [-0.39, 0.29) is 25.0 Å². The maximum absolute atomic E-state index is 10.8. The van der Waals surface area contributed by atoms with E-state index in [1.165, 1.54) is 0 Å². The van der Waals surface area contributed by atoms with Gasteiger partial charge in [0.05, 0.1) is 19.1 Å². The van der Waals surface area contributed by atoms with Crippen molar-refractivity contribution in [1.82, 2.24) is 5.32 Å². The zero-order valence-corrected chi connectivity index (χ0v) is 6.63. The average Bonchev–Trinajstić information content (AvgIpc) is 2.01. The standard InChI is InChI=1S/C8H13NO2/c1-3-5-8(11)9-7(4-2)6-10/h1,7,10H,4-6H2,2H3,(H,9,11)/t7-/m0/s1. The molecule has 0 bridgehead atoms. The number of terminal acetylenes is 1. The minimum atomic E-state index is -0.201. The number of amides is 1. The van der Waals surface area contributed by atoms with Crippen molar-refractivity contribution in [3.05, 3.63) is 0 Å². The summed E-state index contributed by atoms with van der Waals surface area (Å²) in [6, 6.07) is -0.157. The zero-order valence-electron chi connectivity index (χ0n) is 6.63. The molecule has 0 radical (unpaired) electrons. The molecule has 0 aliphatic carbocycles. The molecule has 0 aromatic rings. The van der Waals surface area contributed by atoms with Crippen LogP contribution in [0.15, 0.2) is 0 Å². The summed E-state index contributed by atoms with van der Waals surface area (Å²) < 4.78 is 0. The SMILES string of the molecule is C#CCC(=O)N[C@@H](CC)CO. The Kier molecular flexibility index (Phi) is 5.22. The Morgan fingerprint density at radius 1 is 1.82 bits per heavy atom. The van der Waals surface area contributed by atoms with Gasteiger partial charge in [-0.3, -0.25) is 4.79 Å². The molecule has 0 aromatic heterocycles. The molecule has 3 heteroatoms. The molecule has 0 saturated heterocycles. The molecule has 0 fully saturated rings. The highest BCUT2D eigenvalue weighted by Crippen LogP contribution is 1.89. The first-order valence-electron chi connectivity index (χ1n) is 3.58. The Labute approximate surface area is 66.8 Å². The summed E-state index contributed by atoms with van der Waals surface area (Å²) in [6.45, 7) is 1.85. The van der Waals surface area contributed by atoms with Crippen LogP contribution in [0.25, 0.3) is 0 Å². The first kappa shape index (κ1) is 9.99. The molecule has 0 heterocycles. The zero-order chi connectivity index (χ0) is 8.69. The Morgan fingerprint density at radius 2 is 2.45 bits per heavy atom. The second-order valence-electron chi connectivity index (χ2n) is 2.24. The fourth-order valence-electron chi connectivity index (χ4n) is 0.648. The number of carbonyl (C=O) groups is 1. The minimum absolute atomic E-state index is 0.0349. The van der Waals surface area contributed by atoms with Crippen molar-refractivity contribution in [2.45, 2.75) is 25.8 Å². The van der Waals surface area contributed by atoms with Crippen molar-refractivity contribution in [2.24, 2.45) is 0 Å². The van der Waals surface area contributed by atoms with Gasteiger partial charge in [0.2, 0.25) is 5.91 Å². The van der Waals surface area contributed by atoms with Crippen LogP contribution >= 0.6 is 0 Å². The number of carbonyl (C=O) groups excluding carboxylic acids is 1. The fourth-order valence-corrected chi connectivity index (χ4v) is 0.648. The third-order valence-corrected chi connectivity index (χ3v) is 1.34. The Hall–Kier alpha value is -1.01. The topological polar surface area (TPSA) is 49.3 Å². The fraction of sp³-hybridized carbons (Fsp3) is 0.625. The quantitative estimate of drug-likeness (QED) is 0.557. The van der Waals surface area contributed by atoms with Gasteiger partial charge in [-0.25, -0.2) is 0 Å². The maximum atomic E-state index is 10.8. The van der Waals surface area contributed by atoms with Gasteiger partial charge in [-0.05, 0) is 6.42 Å². The van der Waals surface area contributed by atoms with Gasteiger partial charge in [0, 0.05) is 0 Å². The van der Waals surface area contributed by atoms with Gasteiger partial charge in [-0.1, -0.05) is 12.8 Å². The number of aliphatic hydroxyl groups is 1. The second-order valence-corrected chi connectivity index (χ2v) is 2.24. The maximum Gasteiger partial charge on any atom is 0.232 e. The van der Waals surface area contributed by atoms with Crippen LogP contribution < -0.4 is 5.32 Å². The third kappa shape index (κ3) is 4.40. The monoisotopic (exact) mass is 155 g/mol. The summed E-state index contributed by atoms with van der Waals surface area (Å²) in [6.07, 6.45) is 5.71. The number of nitrogens with one attached hydrogen (secondary N) is 1. The van der Waals surface area contributed by atoms with Crippen LogP contribution in [0.5, 0.6) is 0 Å². The first-order valence-corrected chi connectivity index (χ1v) is 3.58. The molecule has 2 N–H and O–H groups in total. The summed E-state index contributed by atoms with van der Waals surface area (Å²) in [5.74, 6) is 2.03. The number of rotatable bonds is 4. The molecular weight excluding hydrogens is 142 g/mol. The molecule has 0 spiro atoms. The van der Waals surface area contributed by atoms with Gasteiger partial charge in [-0.15, -0.1) is 6.42 Å². The van der Waals surface area contributed by atoms with Crippen LogP contribution in [0.1, 0.15) is 19.8 Å². The van der Waals surface area contributed by atoms with E-state index in [0.717, 1.165) is 0 Å². The smallest absolute Gasteiger partial charge is 0.232 e. The van der Waals surface area contributed by atoms with E-state index < -0.39 is 0 Å². The molecule has 3 nitrogen and oxygen atoms in total. The number of hydrogen-bond donors (Lipinski definition) is 2. The van der Waals surface area contributed by atoms with E-state index in [1.807, 2.05) is 6.92 Å². The second kappa shape index (κ2) is 5.75. The van der Waals surface area contributed by atoms with Gasteiger partial charge in [0.15, 0.2) is 0 Å². The highest BCUT2D eigenvalue weighted by atomic mass is 16.3. The summed E-state index contributed by atoms with van der Waals surface area (Å²) in [4.78, 5) is 10.8. The van der Waals surface area contributed by atoms with Crippen LogP contribution in [0.2, 0.25) is 0 Å². The van der Waals surface area contributed by atoms with E-state index in [9.17, 15) is 4.79 Å². The summed E-state index contributed by atoms with van der Waals surface area (Å²) >= 11 is 0. The van der Waals surface area contributed by atoms with Gasteiger partial charge in [-0.2, -0.15) is 0 Å². The van der Waals surface area contributed by atoms with Gasteiger partial charge in [0.1, 0.15) is 0 Å². The first-order chi connectivity index (χ1) is 5.24. The molecular formula is C8H13NO2. The lowest BCUT2D eigenvalue weighted by atomic mass is 10.2. The molecule has 0 aromatic carbocycles. The molecule has 0 unspecified atom stereocenters. The van der Waals surface area contributed by atoms with E-state index in [0.29, 0.717) is 6.42 Å². The molecule has 1 amide bonds. The van der Waals surface area contributed by atoms with E-state index >= 15 is 0 Å². The lowest BCUT2D eigenvalue weighted by Crippen LogP contribution is -2.36. The molecule has 0 saturated carbocycles. The molecule has 1 atom stereocenters. The Bertz CT molecular complexity index is 156. The van der Waals surface area contributed by atoms with Crippen molar-refractivity contribution < 1.29 is 9.90 Å². The predicted octanol–water partition coefficient (Wildman–Crippen LogP) is -0.103. The normalized spacial score (nSPS) is 11.7. The molecule has 11 heavy (non-hydrogen) atoms. The third-order valence-electron chi connectivity index (χ3n) is 1.34. The van der Waals surface area contributed by atoms with Gasteiger partial charge < -0.3 is 10.4 Å². The molecule has 62 valence electrons. The largest absolute Gasteiger partial charge is 0.394 e. The van der Waals surface area contributed by atoms with E-state index in [1.54, 1.807) is 0 Å². The summed E-state index contributed by atoms with van der Waals surface area (Å²) in [5.41, 5.74) is 0. The lowest BCUT2D eigenvalue weighted by molar-refractivity contribution is -0.121. The Balaban J connectivity index is 3.64. The van der Waals surface area contributed by atoms with Crippen molar-refractivity contribution in [1.29, 1.82) is 0 Å². The lowest BCUT2D eigenvalue weighted by Gasteiger charge is -2.12. The van der Waals surface area contributed by atoms with Crippen LogP contribution in [0, 0.1) is 12.3 Å². The van der Waals surface area contributed by atoms with Crippen molar-refractivity contribution in [3.8, 4) is 12.3 Å². The Morgan fingerprint density at radius 3 is 2.82 bits per heavy atom. The average molecular weight is 155 g/mol. The number of hydrogen-bond acceptors (Lipinski definition) is 2. The van der Waals surface area contributed by atoms with Crippen LogP contribution in [0.4, 0.5) is 0 Å². The van der Waals surface area contributed by atoms with Crippen molar-refractivity contribution in [2.75, 3.05) is 6.61 Å². The van der Waals surface area contributed by atoms with E-state index in [2.05, 4.69) is 11.2 Å². The van der Waals surface area contributed by atoms with Crippen LogP contribution in [-0.4, -0.2) is 23.7 Å². The molecule has 0 aliphatic rings. The summed E-state index contributed by atoms with van der Waals surface area (Å²) in [7, 11) is 0. The molecule has 0 rings (SSSR count). The van der Waals surface area contributed by atoms with Crippen LogP contribution in [-0.2, 0) is 4.79 Å². The highest BCUT2D eigenvalue weighted by molar-refractivity contribution is 5.78. The van der Waals surface area contributed by atoms with Gasteiger partial charge >= 0.3 is 0 Å². The molecule has 0 aliphatic heterocycles. The van der Waals surface area contributed by atoms with Gasteiger partial charge in [0.25, 0.3) is 0 Å². The van der Waals surface area contributed by atoms with Crippen LogP contribution in [0.3, 0.4) is 0 Å². The number of aliphatic hydroxyl groups excluding tert-OH is 1. The van der Waals surface area contributed by atoms with E-state index in [4.69, 9.17) is 11.5 Å².